The van der Waals surface area contributed by atoms with Crippen molar-refractivity contribution in [1.29, 1.82) is 0 Å². The summed E-state index contributed by atoms with van der Waals surface area (Å²) in [5.41, 5.74) is 0.654. The van der Waals surface area contributed by atoms with E-state index in [1.54, 1.807) is 22.7 Å². The molecule has 4 nitrogen and oxygen atoms in total. The fourth-order valence-corrected chi connectivity index (χ4v) is 2.78. The van der Waals surface area contributed by atoms with Gasteiger partial charge < -0.3 is 15.1 Å². The van der Waals surface area contributed by atoms with Crippen LogP contribution in [0.3, 0.4) is 0 Å². The van der Waals surface area contributed by atoms with E-state index in [0.717, 1.165) is 4.90 Å². The molecule has 1 fully saturated rings. The maximum Gasteiger partial charge on any atom is 0.253 e. The molecule has 1 saturated heterocycles. The number of likely N-dealkylation sites (tertiary alicyclic amines) is 1. The molecule has 0 aromatic heterocycles. The summed E-state index contributed by atoms with van der Waals surface area (Å²) in [5.74, 6) is -0.159. The number of carbonyl (C=O) groups is 1. The molecular formula is C14H19NO3S. The predicted octanol–water partition coefficient (Wildman–Crippen LogP) is 1.22. The largest absolute Gasteiger partial charge is 0.396 e. The molecule has 1 aliphatic heterocycles. The SMILES string of the molecule is CSc1cccc(C(=O)N2CC[C@H](CO)[C@@H](O)C2)c1. The molecule has 1 aliphatic rings. The second-order valence-electron chi connectivity index (χ2n) is 4.78. The van der Waals surface area contributed by atoms with E-state index < -0.39 is 6.10 Å². The lowest BCUT2D eigenvalue weighted by Gasteiger charge is -2.35. The second-order valence-corrected chi connectivity index (χ2v) is 5.66. The van der Waals surface area contributed by atoms with Crippen molar-refractivity contribution in [2.75, 3.05) is 26.0 Å². The molecule has 2 atom stereocenters. The van der Waals surface area contributed by atoms with Crippen LogP contribution in [-0.4, -0.2) is 53.1 Å². The summed E-state index contributed by atoms with van der Waals surface area (Å²) in [5, 5.41) is 19.0. The summed E-state index contributed by atoms with van der Waals surface area (Å²) in [4.78, 5) is 15.1. The van der Waals surface area contributed by atoms with Crippen molar-refractivity contribution in [2.45, 2.75) is 17.4 Å². The van der Waals surface area contributed by atoms with Gasteiger partial charge in [0, 0.05) is 36.1 Å². The van der Waals surface area contributed by atoms with Gasteiger partial charge in [-0.25, -0.2) is 0 Å². The minimum atomic E-state index is -0.633. The summed E-state index contributed by atoms with van der Waals surface area (Å²) in [6.45, 7) is 0.864. The van der Waals surface area contributed by atoms with Gasteiger partial charge in [0.05, 0.1) is 6.10 Å². The first-order valence-electron chi connectivity index (χ1n) is 6.38. The van der Waals surface area contributed by atoms with Gasteiger partial charge in [-0.05, 0) is 30.9 Å². The number of amides is 1. The van der Waals surface area contributed by atoms with Crippen LogP contribution in [0.1, 0.15) is 16.8 Å². The van der Waals surface area contributed by atoms with Gasteiger partial charge in [0.1, 0.15) is 0 Å². The van der Waals surface area contributed by atoms with Crippen LogP contribution in [0.25, 0.3) is 0 Å². The number of piperidine rings is 1. The van der Waals surface area contributed by atoms with Gasteiger partial charge >= 0.3 is 0 Å². The lowest BCUT2D eigenvalue weighted by atomic mass is 9.94. The maximum atomic E-state index is 12.4. The number of nitrogens with zero attached hydrogens (tertiary/aromatic N) is 1. The third kappa shape index (κ3) is 3.29. The van der Waals surface area contributed by atoms with Crippen molar-refractivity contribution in [3.63, 3.8) is 0 Å². The molecule has 2 N–H and O–H groups in total. The lowest BCUT2D eigenvalue weighted by molar-refractivity contribution is 0.000867. The summed E-state index contributed by atoms with van der Waals surface area (Å²) < 4.78 is 0. The fraction of sp³-hybridized carbons (Fsp3) is 0.500. The molecule has 5 heteroatoms. The first-order chi connectivity index (χ1) is 9.15. The van der Waals surface area contributed by atoms with Crippen molar-refractivity contribution in [3.05, 3.63) is 29.8 Å². The zero-order chi connectivity index (χ0) is 13.8. The number of rotatable bonds is 3. The van der Waals surface area contributed by atoms with Gasteiger partial charge in [-0.15, -0.1) is 11.8 Å². The van der Waals surface area contributed by atoms with Gasteiger partial charge in [0.2, 0.25) is 0 Å². The van der Waals surface area contributed by atoms with Gasteiger partial charge in [0.25, 0.3) is 5.91 Å². The van der Waals surface area contributed by atoms with Crippen LogP contribution in [0.15, 0.2) is 29.2 Å². The first-order valence-corrected chi connectivity index (χ1v) is 7.60. The van der Waals surface area contributed by atoms with Crippen molar-refractivity contribution in [3.8, 4) is 0 Å². The summed E-state index contributed by atoms with van der Waals surface area (Å²) in [7, 11) is 0. The van der Waals surface area contributed by atoms with Crippen LogP contribution < -0.4 is 0 Å². The highest BCUT2D eigenvalue weighted by Crippen LogP contribution is 2.21. The molecule has 0 saturated carbocycles. The minimum Gasteiger partial charge on any atom is -0.396 e. The van der Waals surface area contributed by atoms with E-state index in [1.807, 2.05) is 24.5 Å². The Bertz CT molecular complexity index is 452. The molecule has 19 heavy (non-hydrogen) atoms. The van der Waals surface area contributed by atoms with Crippen molar-refractivity contribution >= 4 is 17.7 Å². The zero-order valence-electron chi connectivity index (χ0n) is 11.0. The highest BCUT2D eigenvalue weighted by Gasteiger charge is 2.30. The zero-order valence-corrected chi connectivity index (χ0v) is 11.8. The van der Waals surface area contributed by atoms with E-state index in [2.05, 4.69) is 0 Å². The molecular weight excluding hydrogens is 262 g/mol. The van der Waals surface area contributed by atoms with Crippen LogP contribution in [0.4, 0.5) is 0 Å². The number of aliphatic hydroxyl groups is 2. The van der Waals surface area contributed by atoms with Gasteiger partial charge in [-0.1, -0.05) is 6.07 Å². The van der Waals surface area contributed by atoms with Crippen LogP contribution in [0, 0.1) is 5.92 Å². The lowest BCUT2D eigenvalue weighted by Crippen LogP contribution is -2.47. The van der Waals surface area contributed by atoms with Crippen molar-refractivity contribution < 1.29 is 15.0 Å². The Kier molecular flexibility index (Phi) is 4.85. The number of benzene rings is 1. The number of hydrogen-bond donors (Lipinski definition) is 2. The van der Waals surface area contributed by atoms with Crippen molar-refractivity contribution in [2.24, 2.45) is 5.92 Å². The number of β-amino-alcohol motifs (C(OH)–C–C–N with tert-alkyl or cyclic N) is 1. The van der Waals surface area contributed by atoms with Crippen LogP contribution in [0.5, 0.6) is 0 Å². The highest BCUT2D eigenvalue weighted by molar-refractivity contribution is 7.98. The molecule has 2 rings (SSSR count). The van der Waals surface area contributed by atoms with Crippen LogP contribution >= 0.6 is 11.8 Å². The number of thioether (sulfide) groups is 1. The van der Waals surface area contributed by atoms with Crippen LogP contribution in [0.2, 0.25) is 0 Å². The highest BCUT2D eigenvalue weighted by atomic mass is 32.2. The van der Waals surface area contributed by atoms with Crippen LogP contribution in [-0.2, 0) is 0 Å². The van der Waals surface area contributed by atoms with E-state index in [4.69, 9.17) is 5.11 Å². The van der Waals surface area contributed by atoms with E-state index >= 15 is 0 Å². The quantitative estimate of drug-likeness (QED) is 0.818. The average Bonchev–Trinajstić information content (AvgIpc) is 2.46. The fourth-order valence-electron chi connectivity index (χ4n) is 2.32. The Morgan fingerprint density at radius 2 is 2.32 bits per heavy atom. The van der Waals surface area contributed by atoms with E-state index in [9.17, 15) is 9.90 Å². The monoisotopic (exact) mass is 281 g/mol. The standard InChI is InChI=1S/C14H19NO3S/c1-19-12-4-2-3-10(7-12)14(18)15-6-5-11(9-16)13(17)8-15/h2-4,7,11,13,16-17H,5-6,8-9H2,1H3/t11-,13+/m1/s1. The molecule has 0 bridgehead atoms. The molecule has 0 radical (unpaired) electrons. The average molecular weight is 281 g/mol. The molecule has 1 amide bonds. The number of carbonyl (C=O) groups excluding carboxylic acids is 1. The Balaban J connectivity index is 2.07. The van der Waals surface area contributed by atoms with E-state index in [-0.39, 0.29) is 18.4 Å². The van der Waals surface area contributed by atoms with Crippen molar-refractivity contribution in [1.82, 2.24) is 4.90 Å². The molecule has 1 aromatic carbocycles. The molecule has 0 spiro atoms. The minimum absolute atomic E-state index is 0.0227. The molecule has 0 unspecified atom stereocenters. The molecule has 1 aromatic rings. The smallest absolute Gasteiger partial charge is 0.253 e. The van der Waals surface area contributed by atoms with Gasteiger partial charge in [0.15, 0.2) is 0 Å². The number of aliphatic hydroxyl groups excluding tert-OH is 2. The first kappa shape index (κ1) is 14.4. The van der Waals surface area contributed by atoms with Gasteiger partial charge in [-0.2, -0.15) is 0 Å². The summed E-state index contributed by atoms with van der Waals surface area (Å²) in [6, 6.07) is 7.51. The Labute approximate surface area is 117 Å². The maximum absolute atomic E-state index is 12.4. The topological polar surface area (TPSA) is 60.8 Å². The summed E-state index contributed by atoms with van der Waals surface area (Å²) >= 11 is 1.60. The number of hydrogen-bond acceptors (Lipinski definition) is 4. The molecule has 104 valence electrons. The third-order valence-corrected chi connectivity index (χ3v) is 4.29. The Hall–Kier alpha value is -1.04. The Morgan fingerprint density at radius 1 is 1.53 bits per heavy atom. The normalized spacial score (nSPS) is 23.4. The van der Waals surface area contributed by atoms with E-state index in [1.165, 1.54) is 0 Å². The molecule has 1 heterocycles. The van der Waals surface area contributed by atoms with E-state index in [0.29, 0.717) is 25.1 Å². The third-order valence-electron chi connectivity index (χ3n) is 3.56. The second kappa shape index (κ2) is 6.41. The molecule has 0 aliphatic carbocycles. The van der Waals surface area contributed by atoms with Gasteiger partial charge in [-0.3, -0.25) is 4.79 Å². The summed E-state index contributed by atoms with van der Waals surface area (Å²) in [6.07, 6.45) is 1.98. The predicted molar refractivity (Wildman–Crippen MR) is 75.3 cm³/mol. The Morgan fingerprint density at radius 3 is 2.95 bits per heavy atom.